The van der Waals surface area contributed by atoms with Crippen LogP contribution >= 0.6 is 19.6 Å². The summed E-state index contributed by atoms with van der Waals surface area (Å²) < 4.78 is 43.1. The Morgan fingerprint density at radius 3 is 2.37 bits per heavy atom. The van der Waals surface area contributed by atoms with Crippen molar-refractivity contribution < 1.29 is 67.2 Å². The number of amides is 2. The van der Waals surface area contributed by atoms with E-state index in [1.54, 1.807) is 6.07 Å². The molecule has 1 saturated heterocycles. The Morgan fingerprint density at radius 1 is 0.890 bits per heavy atom. The molecule has 3 aliphatic rings. The number of carbonyl (C=O) groups excluding carboxylic acids is 2. The van der Waals surface area contributed by atoms with E-state index in [4.69, 9.17) is 22.7 Å². The number of thioether (sulfide) groups is 1. The number of ether oxygens (including phenoxy) is 1. The number of hydrazine groups is 1. The summed E-state index contributed by atoms with van der Waals surface area (Å²) in [5, 5.41) is 52.4. The fraction of sp³-hybridized carbons (Fsp3) is 0.388. The second kappa shape index (κ2) is 24.3. The maximum atomic E-state index is 13.2. The number of fused-ring (bicyclic) bond motifs is 2. The molecule has 0 saturated carbocycles. The third kappa shape index (κ3) is 13.5. The van der Waals surface area contributed by atoms with Crippen LogP contribution in [-0.2, 0) is 34.2 Å². The summed E-state index contributed by atoms with van der Waals surface area (Å²) in [6, 6.07) is 13.8. The number of aliphatic hydroxyl groups is 1. The Morgan fingerprint density at radius 2 is 1.63 bits per heavy atom. The molecular weight excluding hydrogens is 994 g/mol. The van der Waals surface area contributed by atoms with E-state index in [9.17, 15) is 58.9 Å². The molecule has 4 aromatic rings. The number of aromatic carboxylic acids is 1. The standard InChI is InChI=1S/C49H56N5O17PS/c1-28-26-54(49(65)50-45(28)60)43-24-36(57)39(71-43)27-69-72(66,67-2)68-19-20-73-40-25-42(59)53(47(40)62)18-10-8-6-4-3-5-7-9-11-41(58)51-52-46(61)29-12-15-32(48(63)64)35(21-29)44-33-16-13-30(55)22-37(33)70-38-23-31(56)14-17-34(38)44/h12-17,21-23,25-26,36,39,43,55,57,59,62H,3-11,18-20,24,27H2,1-2H3,(H,51,58)(H,52,61)(H,63,64)(H,50,60,65)/t36-,39-,43-,72?/m1/s1. The summed E-state index contributed by atoms with van der Waals surface area (Å²) in [5.41, 5.74) is 4.59. The van der Waals surface area contributed by atoms with Gasteiger partial charge in [0.05, 0.1) is 29.8 Å². The Labute approximate surface area is 420 Å². The predicted octanol–water partition coefficient (Wildman–Crippen LogP) is 6.54. The topological polar surface area (TPSA) is 320 Å². The van der Waals surface area contributed by atoms with Gasteiger partial charge in [-0.15, -0.1) is 11.8 Å². The van der Waals surface area contributed by atoms with Gasteiger partial charge in [0.1, 0.15) is 29.4 Å². The first-order chi connectivity index (χ1) is 34.9. The summed E-state index contributed by atoms with van der Waals surface area (Å²) in [7, 11) is -2.96. The van der Waals surface area contributed by atoms with E-state index >= 15 is 0 Å². The summed E-state index contributed by atoms with van der Waals surface area (Å²) in [4.78, 5) is 77.0. The van der Waals surface area contributed by atoms with Crippen LogP contribution in [0.4, 0.5) is 0 Å². The number of aromatic amines is 1. The van der Waals surface area contributed by atoms with E-state index < -0.39 is 55.3 Å². The maximum absolute atomic E-state index is 13.2. The number of carboxylic acid groups (broad SMARTS) is 1. The van der Waals surface area contributed by atoms with Crippen molar-refractivity contribution in [2.75, 3.05) is 26.1 Å². The molecule has 390 valence electrons. The highest BCUT2D eigenvalue weighted by Gasteiger charge is 2.38. The number of carbonyl (C=O) groups is 3. The molecule has 8 N–H and O–H groups in total. The minimum absolute atomic E-state index is 0.0155. The van der Waals surface area contributed by atoms with Gasteiger partial charge in [-0.25, -0.2) is 14.2 Å². The zero-order valence-electron chi connectivity index (χ0n) is 39.9. The molecule has 2 aromatic carbocycles. The lowest BCUT2D eigenvalue weighted by Crippen LogP contribution is -2.41. The number of hydrogen-bond acceptors (Lipinski definition) is 17. The fourth-order valence-electron chi connectivity index (χ4n) is 8.38. The van der Waals surface area contributed by atoms with E-state index in [0.717, 1.165) is 62.0 Å². The van der Waals surface area contributed by atoms with E-state index in [1.807, 2.05) is 0 Å². The molecule has 1 fully saturated rings. The molecule has 4 atom stereocenters. The summed E-state index contributed by atoms with van der Waals surface area (Å²) in [6.45, 7) is 1.39. The number of carboxylic acids is 1. The van der Waals surface area contributed by atoms with Gasteiger partial charge in [0.25, 0.3) is 11.5 Å². The molecule has 2 aliphatic heterocycles. The summed E-state index contributed by atoms with van der Waals surface area (Å²) in [5.74, 6) is -2.32. The highest BCUT2D eigenvalue weighted by molar-refractivity contribution is 7.99. The van der Waals surface area contributed by atoms with Crippen LogP contribution in [0.5, 0.6) is 17.5 Å². The van der Waals surface area contributed by atoms with Crippen LogP contribution in [0, 0.1) is 6.92 Å². The van der Waals surface area contributed by atoms with Gasteiger partial charge in [-0.2, -0.15) is 0 Å². The zero-order valence-corrected chi connectivity index (χ0v) is 41.6. The average molecular weight is 1050 g/mol. The number of benzene rings is 3. The van der Waals surface area contributed by atoms with Crippen LogP contribution in [0.3, 0.4) is 0 Å². The average Bonchev–Trinajstić information content (AvgIpc) is 3.87. The SMILES string of the molecule is COP(=O)(OCCSc1cc(O)n(CCCCCCCCCCC(=O)NNC(=O)c2ccc(C(=O)O)c(-c3c4ccc(=O)cc-4oc4cc(O)ccc34)c2)c1O)OC[C@H]1O[C@@H](n2cc(C)c(=O)[nH]c2=O)C[C@H]1O. The van der Waals surface area contributed by atoms with Crippen molar-refractivity contribution in [2.24, 2.45) is 0 Å². The molecular formula is C49H56N5O17PS. The van der Waals surface area contributed by atoms with E-state index in [1.165, 1.54) is 72.3 Å². The van der Waals surface area contributed by atoms with Crippen molar-refractivity contribution in [3.05, 3.63) is 115 Å². The smallest absolute Gasteiger partial charge is 0.474 e. The fourth-order valence-corrected chi connectivity index (χ4v) is 10.2. The number of unbranched alkanes of at least 4 members (excludes halogenated alkanes) is 7. The quantitative estimate of drug-likeness (QED) is 0.0105. The van der Waals surface area contributed by atoms with Gasteiger partial charge in [0.15, 0.2) is 11.3 Å². The number of aryl methyl sites for hydroxylation is 1. The van der Waals surface area contributed by atoms with Gasteiger partial charge >= 0.3 is 19.5 Å². The Bertz CT molecular complexity index is 3170. The van der Waals surface area contributed by atoms with Crippen molar-refractivity contribution in [1.82, 2.24) is 25.0 Å². The van der Waals surface area contributed by atoms with Crippen LogP contribution in [0.25, 0.3) is 33.4 Å². The minimum Gasteiger partial charge on any atom is -0.508 e. The first-order valence-electron chi connectivity index (χ1n) is 23.5. The lowest BCUT2D eigenvalue weighted by atomic mass is 9.89. The minimum atomic E-state index is -4.10. The van der Waals surface area contributed by atoms with Crippen LogP contribution < -0.4 is 27.5 Å². The number of aromatic nitrogens is 3. The van der Waals surface area contributed by atoms with Crippen LogP contribution in [-0.4, -0.2) is 95.7 Å². The molecule has 24 heteroatoms. The molecule has 22 nitrogen and oxygen atoms in total. The maximum Gasteiger partial charge on any atom is 0.474 e. The largest absolute Gasteiger partial charge is 0.508 e. The lowest BCUT2D eigenvalue weighted by molar-refractivity contribution is -0.122. The highest BCUT2D eigenvalue weighted by atomic mass is 32.2. The molecule has 0 spiro atoms. The van der Waals surface area contributed by atoms with Gasteiger partial charge < -0.3 is 34.7 Å². The van der Waals surface area contributed by atoms with Crippen molar-refractivity contribution in [3.63, 3.8) is 0 Å². The van der Waals surface area contributed by atoms with Gasteiger partial charge in [-0.1, -0.05) is 38.5 Å². The number of phenolic OH excluding ortho intramolecular Hbond substituents is 1. The number of aromatic hydroxyl groups is 3. The van der Waals surface area contributed by atoms with Gasteiger partial charge in [0, 0.05) is 84.3 Å². The first-order valence-corrected chi connectivity index (χ1v) is 25.9. The zero-order chi connectivity index (χ0) is 52.4. The predicted molar refractivity (Wildman–Crippen MR) is 266 cm³/mol. The molecule has 73 heavy (non-hydrogen) atoms. The number of phenols is 1. The third-order valence-corrected chi connectivity index (χ3v) is 14.6. The molecule has 1 unspecified atom stereocenters. The van der Waals surface area contributed by atoms with Gasteiger partial charge in [-0.3, -0.25) is 57.7 Å². The van der Waals surface area contributed by atoms with Gasteiger partial charge in [0.2, 0.25) is 11.8 Å². The summed E-state index contributed by atoms with van der Waals surface area (Å²) in [6.07, 6.45) is 5.17. The number of hydrogen-bond donors (Lipinski definition) is 8. The number of rotatable bonds is 24. The Kier molecular flexibility index (Phi) is 18.0. The molecule has 0 bridgehead atoms. The second-order valence-corrected chi connectivity index (χ2v) is 20.2. The molecule has 0 radical (unpaired) electrons. The monoisotopic (exact) mass is 1050 g/mol. The highest BCUT2D eigenvalue weighted by Crippen LogP contribution is 2.50. The molecule has 7 rings (SSSR count). The van der Waals surface area contributed by atoms with Crippen molar-refractivity contribution in [1.29, 1.82) is 0 Å². The van der Waals surface area contributed by atoms with Crippen molar-refractivity contribution in [2.45, 2.75) is 101 Å². The van der Waals surface area contributed by atoms with E-state index in [-0.39, 0.29) is 88.3 Å². The van der Waals surface area contributed by atoms with Crippen LogP contribution in [0.15, 0.2) is 90.6 Å². The van der Waals surface area contributed by atoms with E-state index in [0.29, 0.717) is 40.8 Å². The first kappa shape index (κ1) is 54.1. The van der Waals surface area contributed by atoms with E-state index in [2.05, 4.69) is 15.8 Å². The van der Waals surface area contributed by atoms with Crippen molar-refractivity contribution in [3.8, 4) is 40.0 Å². The number of phosphoric acid groups is 1. The Hall–Kier alpha value is -6.72. The lowest BCUT2D eigenvalue weighted by Gasteiger charge is -2.20. The number of H-pyrrole nitrogens is 1. The number of nitrogens with one attached hydrogen (secondary N) is 3. The molecule has 1 aliphatic carbocycles. The molecule has 4 heterocycles. The Balaban J connectivity index is 0.769. The number of aliphatic hydroxyl groups excluding tert-OH is 1. The second-order valence-electron chi connectivity index (χ2n) is 17.3. The third-order valence-electron chi connectivity index (χ3n) is 12.2. The molecule has 2 aromatic heterocycles. The summed E-state index contributed by atoms with van der Waals surface area (Å²) >= 11 is 1.16. The number of nitrogens with zero attached hydrogens (tertiary/aromatic N) is 2. The normalized spacial score (nSPS) is 16.5. The molecule has 2 amide bonds. The van der Waals surface area contributed by atoms with Crippen molar-refractivity contribution >= 4 is 48.3 Å². The van der Waals surface area contributed by atoms with Crippen LogP contribution in [0.2, 0.25) is 0 Å². The van der Waals surface area contributed by atoms with Gasteiger partial charge in [-0.05, 0) is 67.8 Å². The van der Waals surface area contributed by atoms with Crippen LogP contribution in [0.1, 0.15) is 96.7 Å². The number of phosphoric ester groups is 1.